The van der Waals surface area contributed by atoms with Crippen molar-refractivity contribution >= 4 is 23.5 Å². The van der Waals surface area contributed by atoms with Gasteiger partial charge in [-0.25, -0.2) is 9.37 Å². The third-order valence-electron chi connectivity index (χ3n) is 2.68. The van der Waals surface area contributed by atoms with Crippen molar-refractivity contribution in [2.45, 2.75) is 19.4 Å². The van der Waals surface area contributed by atoms with E-state index in [-0.39, 0.29) is 11.9 Å². The van der Waals surface area contributed by atoms with Crippen LogP contribution in [-0.2, 0) is 0 Å². The van der Waals surface area contributed by atoms with E-state index >= 15 is 0 Å². The second-order valence-corrected chi connectivity index (χ2v) is 4.84. The summed E-state index contributed by atoms with van der Waals surface area (Å²) in [4.78, 5) is 9.83. The van der Waals surface area contributed by atoms with E-state index < -0.39 is 0 Å². The number of halogens is 1. The van der Waals surface area contributed by atoms with Crippen LogP contribution in [0.3, 0.4) is 0 Å². The molecule has 0 fully saturated rings. The van der Waals surface area contributed by atoms with Crippen LogP contribution in [0.15, 0.2) is 6.20 Å². The fourth-order valence-electron chi connectivity index (χ4n) is 1.42. The molecule has 1 atom stereocenters. The van der Waals surface area contributed by atoms with Crippen LogP contribution in [0.5, 0.6) is 0 Å². The molecule has 0 aliphatic rings. The highest BCUT2D eigenvalue weighted by molar-refractivity contribution is 7.98. The van der Waals surface area contributed by atoms with Crippen LogP contribution < -0.4 is 10.2 Å². The number of rotatable bonds is 6. The average Bonchev–Trinajstić information content (AvgIpc) is 2.35. The first kappa shape index (κ1) is 14.0. The normalized spacial score (nSPS) is 12.3. The Kier molecular flexibility index (Phi) is 5.47. The maximum atomic E-state index is 13.6. The smallest absolute Gasteiger partial charge is 0.224 e. The van der Waals surface area contributed by atoms with Crippen molar-refractivity contribution in [3.63, 3.8) is 0 Å². The highest BCUT2D eigenvalue weighted by Gasteiger charge is 2.16. The van der Waals surface area contributed by atoms with E-state index in [1.807, 2.05) is 11.9 Å². The number of aromatic nitrogens is 2. The predicted octanol–water partition coefficient (Wildman–Crippen LogP) is 2.24. The molecule has 0 bridgehead atoms. The molecule has 0 aliphatic carbocycles. The molecule has 1 N–H and O–H groups in total. The van der Waals surface area contributed by atoms with Crippen molar-refractivity contribution in [2.75, 3.05) is 36.3 Å². The van der Waals surface area contributed by atoms with Gasteiger partial charge in [-0.2, -0.15) is 16.7 Å². The van der Waals surface area contributed by atoms with Gasteiger partial charge in [-0.15, -0.1) is 0 Å². The van der Waals surface area contributed by atoms with E-state index in [0.717, 1.165) is 12.2 Å². The van der Waals surface area contributed by atoms with Gasteiger partial charge in [0.2, 0.25) is 5.95 Å². The van der Waals surface area contributed by atoms with Gasteiger partial charge in [0.1, 0.15) is 0 Å². The molecule has 1 rings (SSSR count). The zero-order chi connectivity index (χ0) is 12.8. The van der Waals surface area contributed by atoms with Crippen LogP contribution in [0, 0.1) is 5.82 Å². The van der Waals surface area contributed by atoms with Gasteiger partial charge in [-0.1, -0.05) is 0 Å². The minimum atomic E-state index is -0.387. The largest absolute Gasteiger partial charge is 0.357 e. The van der Waals surface area contributed by atoms with Gasteiger partial charge in [0, 0.05) is 20.1 Å². The van der Waals surface area contributed by atoms with E-state index in [2.05, 4.69) is 28.5 Å². The van der Waals surface area contributed by atoms with Crippen LogP contribution in [-0.4, -0.2) is 42.1 Å². The SMILES string of the molecule is CNc1ncc(F)c(N(C)C(C)CCSC)n1. The van der Waals surface area contributed by atoms with Gasteiger partial charge in [0.25, 0.3) is 0 Å². The van der Waals surface area contributed by atoms with E-state index in [9.17, 15) is 4.39 Å². The summed E-state index contributed by atoms with van der Waals surface area (Å²) in [6, 6.07) is 0.247. The summed E-state index contributed by atoms with van der Waals surface area (Å²) in [5.41, 5.74) is 0. The molecule has 1 heterocycles. The third kappa shape index (κ3) is 3.73. The van der Waals surface area contributed by atoms with Crippen LogP contribution in [0.2, 0.25) is 0 Å². The molecule has 0 spiro atoms. The van der Waals surface area contributed by atoms with E-state index in [1.54, 1.807) is 18.8 Å². The molecular weight excluding hydrogens is 239 g/mol. The number of hydrogen-bond donors (Lipinski definition) is 1. The molecule has 0 aliphatic heterocycles. The Morgan fingerprint density at radius 2 is 2.29 bits per heavy atom. The molecule has 0 amide bonds. The summed E-state index contributed by atoms with van der Waals surface area (Å²) in [6.45, 7) is 2.07. The molecule has 0 saturated heterocycles. The first-order chi connectivity index (χ1) is 8.10. The number of hydrogen-bond acceptors (Lipinski definition) is 5. The highest BCUT2D eigenvalue weighted by Crippen LogP contribution is 2.19. The van der Waals surface area contributed by atoms with Crippen LogP contribution in [0.4, 0.5) is 16.2 Å². The van der Waals surface area contributed by atoms with Gasteiger partial charge in [0.15, 0.2) is 11.6 Å². The zero-order valence-electron chi connectivity index (χ0n) is 10.7. The molecular formula is C11H19FN4S. The number of thioether (sulfide) groups is 1. The topological polar surface area (TPSA) is 41.1 Å². The van der Waals surface area contributed by atoms with Crippen molar-refractivity contribution in [1.82, 2.24) is 9.97 Å². The third-order valence-corrected chi connectivity index (χ3v) is 3.33. The van der Waals surface area contributed by atoms with Crippen molar-refractivity contribution in [3.8, 4) is 0 Å². The molecule has 1 aromatic rings. The summed E-state index contributed by atoms with van der Waals surface area (Å²) >= 11 is 1.79. The van der Waals surface area contributed by atoms with Crippen molar-refractivity contribution in [2.24, 2.45) is 0 Å². The Morgan fingerprint density at radius 1 is 1.59 bits per heavy atom. The lowest BCUT2D eigenvalue weighted by Gasteiger charge is -2.26. The maximum absolute atomic E-state index is 13.6. The molecule has 4 nitrogen and oxygen atoms in total. The fourth-order valence-corrected chi connectivity index (χ4v) is 1.99. The molecule has 0 aromatic carbocycles. The second-order valence-electron chi connectivity index (χ2n) is 3.86. The van der Waals surface area contributed by atoms with Crippen LogP contribution in [0.25, 0.3) is 0 Å². The maximum Gasteiger partial charge on any atom is 0.224 e. The Hall–Kier alpha value is -1.04. The van der Waals surface area contributed by atoms with Crippen molar-refractivity contribution < 1.29 is 4.39 Å². The van der Waals surface area contributed by atoms with Gasteiger partial charge in [-0.3, -0.25) is 0 Å². The van der Waals surface area contributed by atoms with Gasteiger partial charge in [0.05, 0.1) is 6.20 Å². The Bertz CT molecular complexity index is 361. The first-order valence-electron chi connectivity index (χ1n) is 5.52. The van der Waals surface area contributed by atoms with Gasteiger partial charge >= 0.3 is 0 Å². The van der Waals surface area contributed by atoms with Crippen LogP contribution >= 0.6 is 11.8 Å². The Balaban J connectivity index is 2.82. The quantitative estimate of drug-likeness (QED) is 0.847. The summed E-state index contributed by atoms with van der Waals surface area (Å²) in [5, 5.41) is 2.81. The fraction of sp³-hybridized carbons (Fsp3) is 0.636. The Labute approximate surface area is 106 Å². The molecule has 96 valence electrons. The molecule has 17 heavy (non-hydrogen) atoms. The van der Waals surface area contributed by atoms with Gasteiger partial charge < -0.3 is 10.2 Å². The van der Waals surface area contributed by atoms with E-state index in [1.165, 1.54) is 6.20 Å². The minimum Gasteiger partial charge on any atom is -0.357 e. The monoisotopic (exact) mass is 258 g/mol. The summed E-state index contributed by atoms with van der Waals surface area (Å²) in [6.07, 6.45) is 4.26. The molecule has 6 heteroatoms. The Morgan fingerprint density at radius 3 is 2.88 bits per heavy atom. The lowest BCUT2D eigenvalue weighted by Crippen LogP contribution is -2.31. The second kappa shape index (κ2) is 6.64. The molecule has 0 radical (unpaired) electrons. The molecule has 0 saturated carbocycles. The summed E-state index contributed by atoms with van der Waals surface area (Å²) in [7, 11) is 3.57. The number of anilines is 2. The van der Waals surface area contributed by atoms with Crippen molar-refractivity contribution in [1.29, 1.82) is 0 Å². The minimum absolute atomic E-state index is 0.247. The van der Waals surface area contributed by atoms with Crippen LogP contribution in [0.1, 0.15) is 13.3 Å². The summed E-state index contributed by atoms with van der Waals surface area (Å²) < 4.78 is 13.6. The number of nitrogens with one attached hydrogen (secondary N) is 1. The van der Waals surface area contributed by atoms with Gasteiger partial charge in [-0.05, 0) is 25.4 Å². The first-order valence-corrected chi connectivity index (χ1v) is 6.91. The van der Waals surface area contributed by atoms with Crippen molar-refractivity contribution in [3.05, 3.63) is 12.0 Å². The lowest BCUT2D eigenvalue weighted by molar-refractivity contribution is 0.586. The lowest BCUT2D eigenvalue weighted by atomic mass is 10.2. The molecule has 1 aromatic heterocycles. The molecule has 1 unspecified atom stereocenters. The summed E-state index contributed by atoms with van der Waals surface area (Å²) in [5.74, 6) is 1.45. The standard InChI is InChI=1S/C11H19FN4S/c1-8(5-6-17-4)16(3)10-9(12)7-14-11(13-2)15-10/h7-8H,5-6H2,1-4H3,(H,13,14,15). The highest BCUT2D eigenvalue weighted by atomic mass is 32.2. The van der Waals surface area contributed by atoms with E-state index in [0.29, 0.717) is 11.8 Å². The number of nitrogens with zero attached hydrogens (tertiary/aromatic N) is 3. The predicted molar refractivity (Wildman–Crippen MR) is 72.4 cm³/mol. The average molecular weight is 258 g/mol. The zero-order valence-corrected chi connectivity index (χ0v) is 11.5. The van der Waals surface area contributed by atoms with E-state index in [4.69, 9.17) is 0 Å².